The van der Waals surface area contributed by atoms with E-state index in [4.69, 9.17) is 11.6 Å². The fourth-order valence-corrected chi connectivity index (χ4v) is 3.20. The van der Waals surface area contributed by atoms with Crippen molar-refractivity contribution >= 4 is 11.6 Å². The van der Waals surface area contributed by atoms with Crippen molar-refractivity contribution in [3.8, 4) is 5.69 Å². The van der Waals surface area contributed by atoms with Gasteiger partial charge in [0.05, 0.1) is 6.10 Å². The van der Waals surface area contributed by atoms with Gasteiger partial charge in [-0.25, -0.2) is 0 Å². The van der Waals surface area contributed by atoms with Gasteiger partial charge in [-0.05, 0) is 56.9 Å². The van der Waals surface area contributed by atoms with Crippen molar-refractivity contribution in [1.82, 2.24) is 4.57 Å². The summed E-state index contributed by atoms with van der Waals surface area (Å²) in [6.45, 7) is 4.18. The molecule has 0 aliphatic heterocycles. The Bertz CT molecular complexity index is 630. The third kappa shape index (κ3) is 2.09. The van der Waals surface area contributed by atoms with Gasteiger partial charge in [-0.2, -0.15) is 0 Å². The van der Waals surface area contributed by atoms with Gasteiger partial charge in [-0.15, -0.1) is 0 Å². The summed E-state index contributed by atoms with van der Waals surface area (Å²) in [6.07, 6.45) is 2.61. The average Bonchev–Trinajstić information content (AvgIpc) is 2.70. The molecule has 0 amide bonds. The van der Waals surface area contributed by atoms with E-state index in [1.807, 2.05) is 18.2 Å². The van der Waals surface area contributed by atoms with Crippen molar-refractivity contribution in [1.29, 1.82) is 0 Å². The largest absolute Gasteiger partial charge is 0.388 e. The highest BCUT2D eigenvalue weighted by atomic mass is 35.5. The molecular weight excluding hydrogens is 258 g/mol. The molecule has 1 aliphatic rings. The molecular formula is C16H18ClNO. The molecule has 0 saturated heterocycles. The zero-order valence-electron chi connectivity index (χ0n) is 11.3. The molecule has 1 aliphatic carbocycles. The first kappa shape index (κ1) is 12.8. The van der Waals surface area contributed by atoms with Crippen LogP contribution in [-0.2, 0) is 6.42 Å². The number of aliphatic hydroxyl groups is 1. The Balaban J connectivity index is 2.23. The normalized spacial score (nSPS) is 18.4. The minimum Gasteiger partial charge on any atom is -0.388 e. The number of fused-ring (bicyclic) bond motifs is 1. The van der Waals surface area contributed by atoms with Gasteiger partial charge in [0.25, 0.3) is 0 Å². The summed E-state index contributed by atoms with van der Waals surface area (Å²) in [5.41, 5.74) is 5.81. The number of nitrogens with zero attached hydrogens (tertiary/aromatic N) is 1. The molecule has 0 radical (unpaired) electrons. The second-order valence-corrected chi connectivity index (χ2v) is 5.80. The summed E-state index contributed by atoms with van der Waals surface area (Å²) in [5.74, 6) is 0. The molecule has 1 N–H and O–H groups in total. The SMILES string of the molecule is Cc1ccc(Cl)cc1-n1c(C)cc2c1CCCC2O. The lowest BCUT2D eigenvalue weighted by molar-refractivity contribution is 0.156. The molecule has 19 heavy (non-hydrogen) atoms. The molecule has 1 aromatic carbocycles. The van der Waals surface area contributed by atoms with Crippen LogP contribution in [0.5, 0.6) is 0 Å². The second kappa shape index (κ2) is 4.69. The van der Waals surface area contributed by atoms with E-state index in [-0.39, 0.29) is 6.10 Å². The molecule has 1 atom stereocenters. The van der Waals surface area contributed by atoms with Gasteiger partial charge >= 0.3 is 0 Å². The van der Waals surface area contributed by atoms with Crippen molar-refractivity contribution in [2.24, 2.45) is 0 Å². The Morgan fingerprint density at radius 3 is 2.84 bits per heavy atom. The lowest BCUT2D eigenvalue weighted by atomic mass is 9.95. The summed E-state index contributed by atoms with van der Waals surface area (Å²) < 4.78 is 2.25. The quantitative estimate of drug-likeness (QED) is 0.832. The van der Waals surface area contributed by atoms with Gasteiger partial charge in [-0.3, -0.25) is 0 Å². The maximum Gasteiger partial charge on any atom is 0.0807 e. The summed E-state index contributed by atoms with van der Waals surface area (Å²) in [5, 5.41) is 10.9. The molecule has 1 heterocycles. The zero-order valence-corrected chi connectivity index (χ0v) is 12.0. The number of rotatable bonds is 1. The first-order chi connectivity index (χ1) is 9.08. The van der Waals surface area contributed by atoms with E-state index in [1.165, 1.54) is 11.3 Å². The number of aromatic nitrogens is 1. The summed E-state index contributed by atoms with van der Waals surface area (Å²) in [6, 6.07) is 8.08. The van der Waals surface area contributed by atoms with E-state index in [0.29, 0.717) is 0 Å². The van der Waals surface area contributed by atoms with Gasteiger partial charge < -0.3 is 9.67 Å². The van der Waals surface area contributed by atoms with Crippen LogP contribution in [-0.4, -0.2) is 9.67 Å². The first-order valence-electron chi connectivity index (χ1n) is 6.73. The second-order valence-electron chi connectivity index (χ2n) is 5.36. The fourth-order valence-electron chi connectivity index (χ4n) is 3.04. The van der Waals surface area contributed by atoms with Crippen molar-refractivity contribution in [2.45, 2.75) is 39.2 Å². The third-order valence-corrected chi connectivity index (χ3v) is 4.22. The van der Waals surface area contributed by atoms with Crippen molar-refractivity contribution < 1.29 is 5.11 Å². The molecule has 100 valence electrons. The lowest BCUT2D eigenvalue weighted by Crippen LogP contribution is -2.12. The Labute approximate surface area is 118 Å². The highest BCUT2D eigenvalue weighted by Gasteiger charge is 2.24. The van der Waals surface area contributed by atoms with Crippen LogP contribution in [0.2, 0.25) is 5.02 Å². The van der Waals surface area contributed by atoms with Crippen molar-refractivity contribution in [2.75, 3.05) is 0 Å². The Morgan fingerprint density at radius 1 is 1.26 bits per heavy atom. The molecule has 0 spiro atoms. The van der Waals surface area contributed by atoms with E-state index in [0.717, 1.165) is 41.2 Å². The molecule has 3 rings (SSSR count). The van der Waals surface area contributed by atoms with E-state index in [1.54, 1.807) is 0 Å². The molecule has 2 nitrogen and oxygen atoms in total. The molecule has 0 bridgehead atoms. The molecule has 0 fully saturated rings. The van der Waals surface area contributed by atoms with Crippen molar-refractivity contribution in [3.63, 3.8) is 0 Å². The summed E-state index contributed by atoms with van der Waals surface area (Å²) >= 11 is 6.14. The highest BCUT2D eigenvalue weighted by molar-refractivity contribution is 6.30. The number of aryl methyl sites for hydroxylation is 2. The number of hydrogen-bond donors (Lipinski definition) is 1. The zero-order chi connectivity index (χ0) is 13.6. The Hall–Kier alpha value is -1.25. The molecule has 3 heteroatoms. The third-order valence-electron chi connectivity index (χ3n) is 3.98. The number of benzene rings is 1. The van der Waals surface area contributed by atoms with Crippen LogP contribution >= 0.6 is 11.6 Å². The van der Waals surface area contributed by atoms with Crippen LogP contribution in [0.25, 0.3) is 5.69 Å². The molecule has 2 aromatic rings. The number of aliphatic hydroxyl groups excluding tert-OH is 1. The van der Waals surface area contributed by atoms with E-state index in [9.17, 15) is 5.11 Å². The van der Waals surface area contributed by atoms with E-state index >= 15 is 0 Å². The smallest absolute Gasteiger partial charge is 0.0807 e. The van der Waals surface area contributed by atoms with Crippen LogP contribution < -0.4 is 0 Å². The molecule has 1 aromatic heterocycles. The standard InChI is InChI=1S/C16H18ClNO/c1-10-6-7-12(17)9-15(10)18-11(2)8-13-14(18)4-3-5-16(13)19/h6-9,16,19H,3-5H2,1-2H3. The van der Waals surface area contributed by atoms with Crippen LogP contribution in [0, 0.1) is 13.8 Å². The van der Waals surface area contributed by atoms with Crippen LogP contribution in [0.1, 0.15) is 41.5 Å². The van der Waals surface area contributed by atoms with Gasteiger partial charge in [-0.1, -0.05) is 17.7 Å². The summed E-state index contributed by atoms with van der Waals surface area (Å²) in [7, 11) is 0. The van der Waals surface area contributed by atoms with Crippen LogP contribution in [0.3, 0.4) is 0 Å². The Kier molecular flexibility index (Phi) is 3.15. The van der Waals surface area contributed by atoms with Gasteiger partial charge in [0.1, 0.15) is 0 Å². The predicted octanol–water partition coefficient (Wildman–Crippen LogP) is 4.12. The van der Waals surface area contributed by atoms with Crippen LogP contribution in [0.4, 0.5) is 0 Å². The Morgan fingerprint density at radius 2 is 2.05 bits per heavy atom. The van der Waals surface area contributed by atoms with Gasteiger partial charge in [0.2, 0.25) is 0 Å². The maximum absolute atomic E-state index is 10.1. The van der Waals surface area contributed by atoms with E-state index in [2.05, 4.69) is 24.5 Å². The minimum absolute atomic E-state index is 0.316. The monoisotopic (exact) mass is 275 g/mol. The number of hydrogen-bond acceptors (Lipinski definition) is 1. The average molecular weight is 276 g/mol. The van der Waals surface area contributed by atoms with Gasteiger partial charge in [0, 0.05) is 27.7 Å². The topological polar surface area (TPSA) is 25.2 Å². The highest BCUT2D eigenvalue weighted by Crippen LogP contribution is 2.35. The number of halogens is 1. The summed E-state index contributed by atoms with van der Waals surface area (Å²) in [4.78, 5) is 0. The van der Waals surface area contributed by atoms with Crippen molar-refractivity contribution in [3.05, 3.63) is 51.8 Å². The predicted molar refractivity (Wildman–Crippen MR) is 78.2 cm³/mol. The van der Waals surface area contributed by atoms with Crippen LogP contribution in [0.15, 0.2) is 24.3 Å². The van der Waals surface area contributed by atoms with E-state index < -0.39 is 0 Å². The molecule has 1 unspecified atom stereocenters. The van der Waals surface area contributed by atoms with Gasteiger partial charge in [0.15, 0.2) is 0 Å². The fraction of sp³-hybridized carbons (Fsp3) is 0.375. The first-order valence-corrected chi connectivity index (χ1v) is 7.11. The molecule has 0 saturated carbocycles. The minimum atomic E-state index is -0.316. The lowest BCUT2D eigenvalue weighted by Gasteiger charge is -2.21. The maximum atomic E-state index is 10.1.